The van der Waals surface area contributed by atoms with Gasteiger partial charge >= 0.3 is 0 Å². The van der Waals surface area contributed by atoms with E-state index in [1.54, 1.807) is 18.2 Å². The largest absolute Gasteiger partial charge is 0.484 e. The SMILES string of the molecule is CCNC(=O)Cn1c(COc2ccc(Cl)cc2Cl)nc2ccccc21. The average Bonchev–Trinajstić information content (AvgIpc) is 2.92. The fourth-order valence-corrected chi connectivity index (χ4v) is 3.01. The Morgan fingerprint density at radius 1 is 1.24 bits per heavy atom. The molecule has 0 atom stereocenters. The summed E-state index contributed by atoms with van der Waals surface area (Å²) in [6.07, 6.45) is 0. The van der Waals surface area contributed by atoms with Crippen molar-refractivity contribution >= 4 is 40.1 Å². The van der Waals surface area contributed by atoms with Crippen molar-refractivity contribution < 1.29 is 9.53 Å². The number of hydrogen-bond donors (Lipinski definition) is 1. The minimum Gasteiger partial charge on any atom is -0.484 e. The Balaban J connectivity index is 1.88. The van der Waals surface area contributed by atoms with Crippen LogP contribution < -0.4 is 10.1 Å². The molecule has 7 heteroatoms. The van der Waals surface area contributed by atoms with Gasteiger partial charge in [0.25, 0.3) is 0 Å². The molecular formula is C18H17Cl2N3O2. The number of nitrogens with zero attached hydrogens (tertiary/aromatic N) is 2. The van der Waals surface area contributed by atoms with Crippen molar-refractivity contribution in [1.29, 1.82) is 0 Å². The lowest BCUT2D eigenvalue weighted by Crippen LogP contribution is -2.28. The fraction of sp³-hybridized carbons (Fsp3) is 0.222. The minimum atomic E-state index is -0.0728. The molecule has 5 nitrogen and oxygen atoms in total. The summed E-state index contributed by atoms with van der Waals surface area (Å²) in [5.41, 5.74) is 1.70. The molecule has 0 bridgehead atoms. The molecule has 0 saturated carbocycles. The second-order valence-electron chi connectivity index (χ2n) is 5.42. The lowest BCUT2D eigenvalue weighted by molar-refractivity contribution is -0.121. The van der Waals surface area contributed by atoms with Gasteiger partial charge in [-0.05, 0) is 37.3 Å². The van der Waals surface area contributed by atoms with Crippen molar-refractivity contribution in [2.75, 3.05) is 6.54 Å². The number of hydrogen-bond acceptors (Lipinski definition) is 3. The molecule has 1 heterocycles. The van der Waals surface area contributed by atoms with E-state index in [0.29, 0.717) is 28.2 Å². The fourth-order valence-electron chi connectivity index (χ4n) is 2.54. The van der Waals surface area contributed by atoms with Gasteiger partial charge in [-0.3, -0.25) is 4.79 Å². The highest BCUT2D eigenvalue weighted by Gasteiger charge is 2.14. The molecule has 3 aromatic rings. The van der Waals surface area contributed by atoms with Gasteiger partial charge < -0.3 is 14.6 Å². The van der Waals surface area contributed by atoms with Gasteiger partial charge in [0.15, 0.2) is 0 Å². The minimum absolute atomic E-state index is 0.0728. The highest BCUT2D eigenvalue weighted by Crippen LogP contribution is 2.28. The summed E-state index contributed by atoms with van der Waals surface area (Å²) in [5.74, 6) is 1.09. The molecule has 130 valence electrons. The predicted octanol–water partition coefficient (Wildman–Crippen LogP) is 4.06. The van der Waals surface area contributed by atoms with E-state index in [2.05, 4.69) is 10.3 Å². The van der Waals surface area contributed by atoms with E-state index in [4.69, 9.17) is 27.9 Å². The number of para-hydroxylation sites is 2. The lowest BCUT2D eigenvalue weighted by atomic mass is 10.3. The molecule has 25 heavy (non-hydrogen) atoms. The standard InChI is InChI=1S/C18H17Cl2N3O2/c1-2-21-18(24)10-23-15-6-4-3-5-14(15)22-17(23)11-25-16-8-7-12(19)9-13(16)20/h3-9H,2,10-11H2,1H3,(H,21,24). The van der Waals surface area contributed by atoms with E-state index in [0.717, 1.165) is 11.0 Å². The van der Waals surface area contributed by atoms with E-state index in [1.807, 2.05) is 35.8 Å². The van der Waals surface area contributed by atoms with Gasteiger partial charge in [0.2, 0.25) is 5.91 Å². The monoisotopic (exact) mass is 377 g/mol. The van der Waals surface area contributed by atoms with Crippen LogP contribution in [0.2, 0.25) is 10.0 Å². The van der Waals surface area contributed by atoms with Crippen LogP contribution in [0.15, 0.2) is 42.5 Å². The molecule has 0 unspecified atom stereocenters. The average molecular weight is 378 g/mol. The number of carbonyl (C=O) groups is 1. The van der Waals surface area contributed by atoms with E-state index in [-0.39, 0.29) is 19.1 Å². The third-order valence-electron chi connectivity index (χ3n) is 3.66. The first kappa shape index (κ1) is 17.6. The number of likely N-dealkylation sites (N-methyl/N-ethyl adjacent to an activating group) is 1. The number of ether oxygens (including phenoxy) is 1. The van der Waals surface area contributed by atoms with Gasteiger partial charge in [0, 0.05) is 11.6 Å². The lowest BCUT2D eigenvalue weighted by Gasteiger charge is -2.11. The summed E-state index contributed by atoms with van der Waals surface area (Å²) in [5, 5.41) is 3.77. The van der Waals surface area contributed by atoms with Crippen molar-refractivity contribution in [1.82, 2.24) is 14.9 Å². The predicted molar refractivity (Wildman–Crippen MR) is 99.2 cm³/mol. The van der Waals surface area contributed by atoms with Crippen molar-refractivity contribution in [2.24, 2.45) is 0 Å². The number of amides is 1. The number of aromatic nitrogens is 2. The maximum absolute atomic E-state index is 12.0. The zero-order chi connectivity index (χ0) is 17.8. The molecule has 0 fully saturated rings. The number of rotatable bonds is 6. The van der Waals surface area contributed by atoms with Crippen LogP contribution in [0.4, 0.5) is 0 Å². The third-order valence-corrected chi connectivity index (χ3v) is 4.19. The molecule has 0 aliphatic carbocycles. The second kappa shape index (κ2) is 7.76. The summed E-state index contributed by atoms with van der Waals surface area (Å²) in [7, 11) is 0. The smallest absolute Gasteiger partial charge is 0.240 e. The Morgan fingerprint density at radius 3 is 2.80 bits per heavy atom. The van der Waals surface area contributed by atoms with Gasteiger partial charge in [-0.1, -0.05) is 35.3 Å². The summed E-state index contributed by atoms with van der Waals surface area (Å²) < 4.78 is 7.64. The van der Waals surface area contributed by atoms with E-state index >= 15 is 0 Å². The van der Waals surface area contributed by atoms with Gasteiger partial charge in [-0.25, -0.2) is 4.98 Å². The molecule has 0 aliphatic rings. The van der Waals surface area contributed by atoms with Crippen LogP contribution >= 0.6 is 23.2 Å². The summed E-state index contributed by atoms with van der Waals surface area (Å²) in [6, 6.07) is 12.7. The van der Waals surface area contributed by atoms with E-state index in [9.17, 15) is 4.79 Å². The molecule has 0 radical (unpaired) electrons. The normalized spacial score (nSPS) is 10.8. The maximum Gasteiger partial charge on any atom is 0.240 e. The van der Waals surface area contributed by atoms with Crippen LogP contribution in [0.25, 0.3) is 11.0 Å². The number of carbonyl (C=O) groups excluding carboxylic acids is 1. The van der Waals surface area contributed by atoms with Crippen LogP contribution in [-0.4, -0.2) is 22.0 Å². The molecular weight excluding hydrogens is 361 g/mol. The van der Waals surface area contributed by atoms with Crippen molar-refractivity contribution in [2.45, 2.75) is 20.1 Å². The molecule has 1 aromatic heterocycles. The quantitative estimate of drug-likeness (QED) is 0.704. The van der Waals surface area contributed by atoms with Gasteiger partial charge in [0.1, 0.15) is 24.7 Å². The molecule has 1 N–H and O–H groups in total. The maximum atomic E-state index is 12.0. The molecule has 2 aromatic carbocycles. The molecule has 3 rings (SSSR count). The Morgan fingerprint density at radius 2 is 2.04 bits per heavy atom. The first-order chi connectivity index (χ1) is 12.1. The van der Waals surface area contributed by atoms with Crippen LogP contribution in [0.3, 0.4) is 0 Å². The number of fused-ring (bicyclic) bond motifs is 1. The Hall–Kier alpha value is -2.24. The summed E-state index contributed by atoms with van der Waals surface area (Å²) >= 11 is 12.0. The number of nitrogens with one attached hydrogen (secondary N) is 1. The Bertz CT molecular complexity index is 908. The first-order valence-electron chi connectivity index (χ1n) is 7.87. The summed E-state index contributed by atoms with van der Waals surface area (Å²) in [4.78, 5) is 16.6. The van der Waals surface area contributed by atoms with Crippen molar-refractivity contribution in [3.05, 3.63) is 58.3 Å². The van der Waals surface area contributed by atoms with E-state index in [1.165, 1.54) is 0 Å². The van der Waals surface area contributed by atoms with Crippen LogP contribution in [0.5, 0.6) is 5.75 Å². The van der Waals surface area contributed by atoms with Crippen LogP contribution in [0, 0.1) is 0 Å². The number of benzene rings is 2. The topological polar surface area (TPSA) is 56.2 Å². The summed E-state index contributed by atoms with van der Waals surface area (Å²) in [6.45, 7) is 2.84. The number of halogens is 2. The van der Waals surface area contributed by atoms with Gasteiger partial charge in [-0.2, -0.15) is 0 Å². The van der Waals surface area contributed by atoms with Crippen molar-refractivity contribution in [3.8, 4) is 5.75 Å². The second-order valence-corrected chi connectivity index (χ2v) is 6.26. The Labute approximate surface area is 155 Å². The van der Waals surface area contributed by atoms with Crippen LogP contribution in [-0.2, 0) is 17.9 Å². The van der Waals surface area contributed by atoms with Gasteiger partial charge in [0.05, 0.1) is 16.1 Å². The number of imidazole rings is 1. The molecule has 0 aliphatic heterocycles. The van der Waals surface area contributed by atoms with Gasteiger partial charge in [-0.15, -0.1) is 0 Å². The molecule has 0 spiro atoms. The zero-order valence-corrected chi connectivity index (χ0v) is 15.1. The van der Waals surface area contributed by atoms with Crippen LogP contribution in [0.1, 0.15) is 12.7 Å². The van der Waals surface area contributed by atoms with Crippen molar-refractivity contribution in [3.63, 3.8) is 0 Å². The highest BCUT2D eigenvalue weighted by atomic mass is 35.5. The third kappa shape index (κ3) is 4.06. The first-order valence-corrected chi connectivity index (χ1v) is 8.62. The highest BCUT2D eigenvalue weighted by molar-refractivity contribution is 6.35. The molecule has 1 amide bonds. The zero-order valence-electron chi connectivity index (χ0n) is 13.6. The van der Waals surface area contributed by atoms with E-state index < -0.39 is 0 Å². The Kier molecular flexibility index (Phi) is 5.46. The molecule has 0 saturated heterocycles.